The monoisotopic (exact) mass is 304 g/mol. The molecule has 1 aliphatic rings. The van der Waals surface area contributed by atoms with E-state index in [9.17, 15) is 0 Å². The molecule has 118 valence electrons. The first-order chi connectivity index (χ1) is 11.0. The summed E-state index contributed by atoms with van der Waals surface area (Å²) >= 11 is 0. The minimum atomic E-state index is 0.314. The molecule has 0 aliphatic carbocycles. The van der Waals surface area contributed by atoms with Crippen molar-refractivity contribution in [3.63, 3.8) is 0 Å². The predicted octanol–water partition coefficient (Wildman–Crippen LogP) is 5.24. The Bertz CT molecular complexity index is 851. The Balaban J connectivity index is 1.93. The zero-order valence-electron chi connectivity index (χ0n) is 14.3. The molecule has 0 unspecified atom stereocenters. The van der Waals surface area contributed by atoms with Crippen molar-refractivity contribution in [3.8, 4) is 11.4 Å². The van der Waals surface area contributed by atoms with Crippen LogP contribution in [0.4, 0.5) is 0 Å². The Morgan fingerprint density at radius 3 is 2.57 bits per heavy atom. The molecule has 0 amide bonds. The molecule has 0 radical (unpaired) electrons. The number of aryl methyl sites for hydroxylation is 2. The molecule has 0 spiro atoms. The SMILES string of the molecule is CC(C)(C)Cc1ccc2nc(-c3ccccc3)n3c2c1CCC3. The van der Waals surface area contributed by atoms with Crippen molar-refractivity contribution in [1.82, 2.24) is 9.55 Å². The van der Waals surface area contributed by atoms with E-state index in [4.69, 9.17) is 4.98 Å². The zero-order valence-corrected chi connectivity index (χ0v) is 14.3. The van der Waals surface area contributed by atoms with Gasteiger partial charge in [0.2, 0.25) is 0 Å². The average molecular weight is 304 g/mol. The Morgan fingerprint density at radius 2 is 1.83 bits per heavy atom. The molecule has 2 nitrogen and oxygen atoms in total. The molecular weight excluding hydrogens is 280 g/mol. The molecule has 4 rings (SSSR count). The van der Waals surface area contributed by atoms with E-state index in [2.05, 4.69) is 67.8 Å². The van der Waals surface area contributed by atoms with Gasteiger partial charge < -0.3 is 4.57 Å². The highest BCUT2D eigenvalue weighted by Crippen LogP contribution is 2.35. The van der Waals surface area contributed by atoms with E-state index in [1.54, 1.807) is 0 Å². The van der Waals surface area contributed by atoms with Crippen LogP contribution in [0.1, 0.15) is 38.3 Å². The first-order valence-corrected chi connectivity index (χ1v) is 8.59. The molecule has 2 aromatic carbocycles. The standard InChI is InChI=1S/C21H24N2/c1-21(2,3)14-16-11-12-18-19-17(16)10-7-13-23(19)20(22-18)15-8-5-4-6-9-15/h4-6,8-9,11-12H,7,10,13-14H2,1-3H3. The molecule has 2 heteroatoms. The Hall–Kier alpha value is -2.09. The number of hydrogen-bond donors (Lipinski definition) is 0. The quantitative estimate of drug-likeness (QED) is 0.633. The molecule has 1 aromatic heterocycles. The van der Waals surface area contributed by atoms with Crippen LogP contribution in [0, 0.1) is 5.41 Å². The maximum Gasteiger partial charge on any atom is 0.141 e. The summed E-state index contributed by atoms with van der Waals surface area (Å²) in [5.74, 6) is 1.12. The number of imidazole rings is 1. The van der Waals surface area contributed by atoms with Crippen molar-refractivity contribution in [2.75, 3.05) is 0 Å². The van der Waals surface area contributed by atoms with Gasteiger partial charge >= 0.3 is 0 Å². The molecule has 0 atom stereocenters. The molecule has 0 bridgehead atoms. The maximum atomic E-state index is 4.96. The van der Waals surface area contributed by atoms with E-state index in [0.717, 1.165) is 24.3 Å². The van der Waals surface area contributed by atoms with Gasteiger partial charge in [-0.1, -0.05) is 57.2 Å². The van der Waals surface area contributed by atoms with Gasteiger partial charge in [0.05, 0.1) is 11.0 Å². The Kier molecular flexibility index (Phi) is 3.29. The van der Waals surface area contributed by atoms with Gasteiger partial charge in [-0.25, -0.2) is 4.98 Å². The number of hydrogen-bond acceptors (Lipinski definition) is 1. The van der Waals surface area contributed by atoms with Crippen LogP contribution in [0.5, 0.6) is 0 Å². The molecule has 3 aromatic rings. The van der Waals surface area contributed by atoms with Crippen LogP contribution in [-0.4, -0.2) is 9.55 Å². The summed E-state index contributed by atoms with van der Waals surface area (Å²) in [4.78, 5) is 4.96. The first kappa shape index (κ1) is 14.5. The second-order valence-electron chi connectivity index (χ2n) is 7.87. The molecular formula is C21H24N2. The van der Waals surface area contributed by atoms with Gasteiger partial charge in [0.25, 0.3) is 0 Å². The molecule has 0 fully saturated rings. The maximum absolute atomic E-state index is 4.96. The molecule has 2 heterocycles. The second kappa shape index (κ2) is 5.23. The van der Waals surface area contributed by atoms with E-state index in [-0.39, 0.29) is 0 Å². The van der Waals surface area contributed by atoms with Crippen LogP contribution in [-0.2, 0) is 19.4 Å². The van der Waals surface area contributed by atoms with Gasteiger partial charge in [-0.3, -0.25) is 0 Å². The number of benzene rings is 2. The number of rotatable bonds is 2. The summed E-state index contributed by atoms with van der Waals surface area (Å²) < 4.78 is 2.44. The fraction of sp³-hybridized carbons (Fsp3) is 0.381. The topological polar surface area (TPSA) is 17.8 Å². The molecule has 0 saturated carbocycles. The molecule has 23 heavy (non-hydrogen) atoms. The number of nitrogens with zero attached hydrogens (tertiary/aromatic N) is 2. The first-order valence-electron chi connectivity index (χ1n) is 8.59. The largest absolute Gasteiger partial charge is 0.324 e. The summed E-state index contributed by atoms with van der Waals surface area (Å²) in [6, 6.07) is 15.1. The fourth-order valence-electron chi connectivity index (χ4n) is 3.79. The zero-order chi connectivity index (χ0) is 16.0. The third-order valence-electron chi connectivity index (χ3n) is 4.67. The van der Waals surface area contributed by atoms with Crippen molar-refractivity contribution in [1.29, 1.82) is 0 Å². The second-order valence-corrected chi connectivity index (χ2v) is 7.87. The molecule has 0 N–H and O–H groups in total. The van der Waals surface area contributed by atoms with Crippen molar-refractivity contribution >= 4 is 11.0 Å². The van der Waals surface area contributed by atoms with Gasteiger partial charge in [0.1, 0.15) is 5.82 Å². The summed E-state index contributed by atoms with van der Waals surface area (Å²) in [5.41, 5.74) is 7.08. The number of aromatic nitrogens is 2. The lowest BCUT2D eigenvalue weighted by Crippen LogP contribution is -2.15. The van der Waals surface area contributed by atoms with Crippen LogP contribution in [0.25, 0.3) is 22.4 Å². The van der Waals surface area contributed by atoms with Gasteiger partial charge in [0, 0.05) is 12.1 Å². The third kappa shape index (κ3) is 2.56. The van der Waals surface area contributed by atoms with E-state index in [1.165, 1.54) is 35.0 Å². The van der Waals surface area contributed by atoms with E-state index in [1.807, 2.05) is 0 Å². The van der Waals surface area contributed by atoms with Gasteiger partial charge in [0.15, 0.2) is 0 Å². The van der Waals surface area contributed by atoms with Crippen molar-refractivity contribution < 1.29 is 0 Å². The summed E-state index contributed by atoms with van der Waals surface area (Å²) in [7, 11) is 0. The van der Waals surface area contributed by atoms with E-state index < -0.39 is 0 Å². The minimum absolute atomic E-state index is 0.314. The van der Waals surface area contributed by atoms with Gasteiger partial charge in [-0.15, -0.1) is 0 Å². The summed E-state index contributed by atoms with van der Waals surface area (Å²) in [6.07, 6.45) is 3.52. The third-order valence-corrected chi connectivity index (χ3v) is 4.67. The van der Waals surface area contributed by atoms with Crippen LogP contribution < -0.4 is 0 Å². The lowest BCUT2D eigenvalue weighted by Gasteiger charge is -2.24. The van der Waals surface area contributed by atoms with Gasteiger partial charge in [-0.2, -0.15) is 0 Å². The lowest BCUT2D eigenvalue weighted by atomic mass is 9.84. The van der Waals surface area contributed by atoms with Crippen LogP contribution in [0.15, 0.2) is 42.5 Å². The molecule has 0 saturated heterocycles. The van der Waals surface area contributed by atoms with E-state index in [0.29, 0.717) is 5.41 Å². The van der Waals surface area contributed by atoms with Crippen LogP contribution in [0.3, 0.4) is 0 Å². The van der Waals surface area contributed by atoms with Crippen LogP contribution >= 0.6 is 0 Å². The van der Waals surface area contributed by atoms with Crippen molar-refractivity contribution in [2.24, 2.45) is 5.41 Å². The van der Waals surface area contributed by atoms with Gasteiger partial charge in [-0.05, 0) is 41.9 Å². The Labute approximate surface area is 138 Å². The highest BCUT2D eigenvalue weighted by Gasteiger charge is 2.23. The lowest BCUT2D eigenvalue weighted by molar-refractivity contribution is 0.409. The minimum Gasteiger partial charge on any atom is -0.324 e. The van der Waals surface area contributed by atoms with E-state index >= 15 is 0 Å². The predicted molar refractivity (Wildman–Crippen MR) is 96.6 cm³/mol. The Morgan fingerprint density at radius 1 is 1.04 bits per heavy atom. The average Bonchev–Trinajstić information content (AvgIpc) is 2.90. The highest BCUT2D eigenvalue weighted by molar-refractivity contribution is 5.85. The van der Waals surface area contributed by atoms with Crippen molar-refractivity contribution in [3.05, 3.63) is 53.6 Å². The summed E-state index contributed by atoms with van der Waals surface area (Å²) in [6.45, 7) is 8.03. The highest BCUT2D eigenvalue weighted by atomic mass is 15.1. The molecule has 1 aliphatic heterocycles. The van der Waals surface area contributed by atoms with Crippen molar-refractivity contribution in [2.45, 2.75) is 46.6 Å². The fourth-order valence-corrected chi connectivity index (χ4v) is 3.79. The van der Waals surface area contributed by atoms with Crippen LogP contribution in [0.2, 0.25) is 0 Å². The smallest absolute Gasteiger partial charge is 0.141 e. The normalized spacial score (nSPS) is 14.4. The summed E-state index contributed by atoms with van der Waals surface area (Å²) in [5, 5.41) is 0.